The summed E-state index contributed by atoms with van der Waals surface area (Å²) in [6, 6.07) is 16.9. The molecule has 2 aromatic carbocycles. The lowest BCUT2D eigenvalue weighted by Gasteiger charge is -2.12. The molecule has 1 N–H and O–H groups in total. The Hall–Kier alpha value is -2.16. The van der Waals surface area contributed by atoms with Gasteiger partial charge in [-0.1, -0.05) is 66.8 Å². The Balaban J connectivity index is 1.96. The van der Waals surface area contributed by atoms with Crippen molar-refractivity contribution in [3.8, 4) is 0 Å². The molecule has 0 saturated carbocycles. The van der Waals surface area contributed by atoms with E-state index in [1.807, 2.05) is 0 Å². The Bertz CT molecular complexity index is 647. The van der Waals surface area contributed by atoms with Gasteiger partial charge in [-0.05, 0) is 34.2 Å². The Morgan fingerprint density at radius 2 is 1.45 bits per heavy atom. The molecule has 0 unspecified atom stereocenters. The van der Waals surface area contributed by atoms with Gasteiger partial charge in [-0.15, -0.1) is 0 Å². The minimum absolute atomic E-state index is 0.173. The fourth-order valence-electron chi connectivity index (χ4n) is 2.71. The van der Waals surface area contributed by atoms with Crippen molar-refractivity contribution >= 4 is 17.7 Å². The molecule has 0 aromatic heterocycles. The molecule has 1 aliphatic rings. The second-order valence-electron chi connectivity index (χ2n) is 5.28. The minimum atomic E-state index is 0.173. The average molecular weight is 292 g/mol. The van der Waals surface area contributed by atoms with E-state index in [1.165, 1.54) is 27.8 Å². The van der Waals surface area contributed by atoms with Crippen molar-refractivity contribution < 1.29 is 9.84 Å². The van der Waals surface area contributed by atoms with Gasteiger partial charge < -0.3 is 9.84 Å². The minimum Gasteiger partial charge on any atom is -0.396 e. The molecule has 0 fully saturated rings. The molecule has 22 heavy (non-hydrogen) atoms. The average Bonchev–Trinajstić information content (AvgIpc) is 2.72. The predicted molar refractivity (Wildman–Crippen MR) is 91.4 cm³/mol. The quantitative estimate of drug-likeness (QED) is 0.720. The van der Waals surface area contributed by atoms with Crippen LogP contribution in [0.4, 0.5) is 0 Å². The maximum atomic E-state index is 8.81. The molecule has 2 heteroatoms. The van der Waals surface area contributed by atoms with E-state index in [0.717, 1.165) is 0 Å². The maximum absolute atomic E-state index is 8.81. The number of benzene rings is 2. The van der Waals surface area contributed by atoms with Crippen molar-refractivity contribution in [2.24, 2.45) is 0 Å². The summed E-state index contributed by atoms with van der Waals surface area (Å²) in [4.78, 5) is 0. The third-order valence-corrected chi connectivity index (χ3v) is 3.80. The number of fused-ring (bicyclic) bond motifs is 2. The van der Waals surface area contributed by atoms with E-state index in [2.05, 4.69) is 66.8 Å². The zero-order chi connectivity index (χ0) is 15.2. The molecule has 0 aliphatic heterocycles. The molecule has 0 radical (unpaired) electrons. The Morgan fingerprint density at radius 3 is 2.05 bits per heavy atom. The van der Waals surface area contributed by atoms with Gasteiger partial charge in [0, 0.05) is 13.2 Å². The summed E-state index contributed by atoms with van der Waals surface area (Å²) in [6.07, 6.45) is 7.16. The van der Waals surface area contributed by atoms with Crippen LogP contribution in [0.25, 0.3) is 17.7 Å². The molecule has 3 rings (SSSR count). The van der Waals surface area contributed by atoms with E-state index >= 15 is 0 Å². The van der Waals surface area contributed by atoms with Crippen LogP contribution in [0.2, 0.25) is 0 Å². The first-order chi connectivity index (χ1) is 10.9. The van der Waals surface area contributed by atoms with E-state index in [1.54, 1.807) is 0 Å². The van der Waals surface area contributed by atoms with E-state index in [9.17, 15) is 0 Å². The number of aliphatic hydroxyl groups excluding tert-OH is 1. The monoisotopic (exact) mass is 292 g/mol. The lowest BCUT2D eigenvalue weighted by atomic mass is 9.93. The standard InChI is InChI=1S/C20H20O2/c21-13-5-14-22-15-12-20-18-8-3-1-6-16(18)10-11-17-7-2-4-9-19(17)20/h1-4,6-12,21H,5,13-15H2. The highest BCUT2D eigenvalue weighted by molar-refractivity contribution is 5.93. The van der Waals surface area contributed by atoms with Gasteiger partial charge in [0.1, 0.15) is 0 Å². The van der Waals surface area contributed by atoms with Crippen LogP contribution >= 0.6 is 0 Å². The van der Waals surface area contributed by atoms with Crippen LogP contribution in [0.15, 0.2) is 54.6 Å². The normalized spacial score (nSPS) is 12.5. The van der Waals surface area contributed by atoms with E-state index in [-0.39, 0.29) is 6.61 Å². The summed E-state index contributed by atoms with van der Waals surface area (Å²) in [6.45, 7) is 1.31. The lowest BCUT2D eigenvalue weighted by Crippen LogP contribution is -1.99. The van der Waals surface area contributed by atoms with Gasteiger partial charge >= 0.3 is 0 Å². The first kappa shape index (κ1) is 14.8. The van der Waals surface area contributed by atoms with Crippen LogP contribution in [-0.4, -0.2) is 24.9 Å². The summed E-state index contributed by atoms with van der Waals surface area (Å²) < 4.78 is 5.59. The van der Waals surface area contributed by atoms with E-state index in [4.69, 9.17) is 9.84 Å². The van der Waals surface area contributed by atoms with Gasteiger partial charge in [-0.25, -0.2) is 0 Å². The van der Waals surface area contributed by atoms with Crippen molar-refractivity contribution in [1.82, 2.24) is 0 Å². The van der Waals surface area contributed by atoms with Gasteiger partial charge in [-0.3, -0.25) is 0 Å². The fourth-order valence-corrected chi connectivity index (χ4v) is 2.71. The van der Waals surface area contributed by atoms with Crippen molar-refractivity contribution in [3.63, 3.8) is 0 Å². The third-order valence-electron chi connectivity index (χ3n) is 3.80. The second kappa shape index (κ2) is 7.21. The SMILES string of the molecule is OCCCOCC=C1c2ccccc2C=Cc2ccccc21. The summed E-state index contributed by atoms with van der Waals surface area (Å²) in [5.41, 5.74) is 6.12. The van der Waals surface area contributed by atoms with Crippen LogP contribution < -0.4 is 0 Å². The lowest BCUT2D eigenvalue weighted by molar-refractivity contribution is 0.139. The molecule has 0 atom stereocenters. The van der Waals surface area contributed by atoms with Crippen LogP contribution in [-0.2, 0) is 4.74 Å². The summed E-state index contributed by atoms with van der Waals surface area (Å²) in [5, 5.41) is 8.81. The van der Waals surface area contributed by atoms with E-state index in [0.29, 0.717) is 19.6 Å². The maximum Gasteiger partial charge on any atom is 0.0656 e. The zero-order valence-corrected chi connectivity index (χ0v) is 12.5. The van der Waals surface area contributed by atoms with Crippen molar-refractivity contribution in [1.29, 1.82) is 0 Å². The van der Waals surface area contributed by atoms with Crippen molar-refractivity contribution in [3.05, 3.63) is 76.9 Å². The molecule has 2 aromatic rings. The Morgan fingerprint density at radius 1 is 0.864 bits per heavy atom. The molecule has 2 nitrogen and oxygen atoms in total. The van der Waals surface area contributed by atoms with Gasteiger partial charge in [0.15, 0.2) is 0 Å². The zero-order valence-electron chi connectivity index (χ0n) is 12.5. The summed E-state index contributed by atoms with van der Waals surface area (Å²) in [5.74, 6) is 0. The van der Waals surface area contributed by atoms with Crippen LogP contribution in [0.3, 0.4) is 0 Å². The van der Waals surface area contributed by atoms with Gasteiger partial charge in [-0.2, -0.15) is 0 Å². The second-order valence-corrected chi connectivity index (χ2v) is 5.28. The fraction of sp³-hybridized carbons (Fsp3) is 0.200. The van der Waals surface area contributed by atoms with Gasteiger partial charge in [0.25, 0.3) is 0 Å². The molecule has 0 bridgehead atoms. The molecule has 112 valence electrons. The number of ether oxygens (including phenoxy) is 1. The third kappa shape index (κ3) is 3.19. The smallest absolute Gasteiger partial charge is 0.0656 e. The number of aliphatic hydroxyl groups is 1. The highest BCUT2D eigenvalue weighted by Crippen LogP contribution is 2.33. The number of hydrogen-bond donors (Lipinski definition) is 1. The molecular formula is C20H20O2. The van der Waals surface area contributed by atoms with Crippen molar-refractivity contribution in [2.45, 2.75) is 6.42 Å². The van der Waals surface area contributed by atoms with Crippen LogP contribution in [0.5, 0.6) is 0 Å². The number of rotatable bonds is 5. The van der Waals surface area contributed by atoms with Gasteiger partial charge in [0.2, 0.25) is 0 Å². The first-order valence-corrected chi connectivity index (χ1v) is 7.66. The number of hydrogen-bond acceptors (Lipinski definition) is 2. The first-order valence-electron chi connectivity index (χ1n) is 7.66. The van der Waals surface area contributed by atoms with Gasteiger partial charge in [0.05, 0.1) is 6.61 Å². The van der Waals surface area contributed by atoms with E-state index < -0.39 is 0 Å². The summed E-state index contributed by atoms with van der Waals surface area (Å²) >= 11 is 0. The van der Waals surface area contributed by atoms with Crippen LogP contribution in [0, 0.1) is 0 Å². The molecular weight excluding hydrogens is 272 g/mol. The predicted octanol–water partition coefficient (Wildman–Crippen LogP) is 4.00. The Labute approximate surface area is 131 Å². The molecule has 0 heterocycles. The molecule has 0 saturated heterocycles. The Kier molecular flexibility index (Phi) is 4.84. The topological polar surface area (TPSA) is 29.5 Å². The highest BCUT2D eigenvalue weighted by atomic mass is 16.5. The van der Waals surface area contributed by atoms with Crippen LogP contribution in [0.1, 0.15) is 28.7 Å². The highest BCUT2D eigenvalue weighted by Gasteiger charge is 2.13. The summed E-state index contributed by atoms with van der Waals surface area (Å²) in [7, 11) is 0. The van der Waals surface area contributed by atoms with Crippen molar-refractivity contribution in [2.75, 3.05) is 19.8 Å². The largest absolute Gasteiger partial charge is 0.396 e. The molecule has 0 spiro atoms. The molecule has 1 aliphatic carbocycles. The molecule has 0 amide bonds.